The lowest BCUT2D eigenvalue weighted by Crippen LogP contribution is -1.87. The van der Waals surface area contributed by atoms with Crippen molar-refractivity contribution in [3.63, 3.8) is 0 Å². The van der Waals surface area contributed by atoms with Crippen molar-refractivity contribution >= 4 is 45.8 Å². The Kier molecular flexibility index (Phi) is 3.55. The Hall–Kier alpha value is 0.390. The number of hydrogen-bond donors (Lipinski definition) is 0. The Bertz CT molecular complexity index is 302. The largest absolute Gasteiger partial charge is 0.265 e. The van der Waals surface area contributed by atoms with Crippen molar-refractivity contribution in [2.45, 2.75) is 6.43 Å². The summed E-state index contributed by atoms with van der Waals surface area (Å²) in [6.07, 6.45) is -2.55. The van der Waals surface area contributed by atoms with E-state index in [1.807, 2.05) is 22.6 Å². The summed E-state index contributed by atoms with van der Waals surface area (Å²) in [5.41, 5.74) is -0.175. The first kappa shape index (κ1) is 10.5. The van der Waals surface area contributed by atoms with Crippen LogP contribution >= 0.6 is 45.8 Å². The average Bonchev–Trinajstić information content (AvgIpc) is 1.96. The fourth-order valence-electron chi connectivity index (χ4n) is 0.705. The second-order valence-corrected chi connectivity index (χ2v) is 4.07. The smallest absolute Gasteiger partial charge is 0.205 e. The van der Waals surface area contributed by atoms with Crippen molar-refractivity contribution in [3.05, 3.63) is 31.3 Å². The van der Waals surface area contributed by atoms with Crippen LogP contribution in [0.4, 0.5) is 8.78 Å². The molecule has 0 N–H and O–H groups in total. The van der Waals surface area contributed by atoms with E-state index < -0.39 is 6.43 Å². The van der Waals surface area contributed by atoms with Gasteiger partial charge in [0.25, 0.3) is 6.43 Å². The molecular formula is C7H3Cl2F2I. The van der Waals surface area contributed by atoms with Crippen LogP contribution in [0.5, 0.6) is 0 Å². The summed E-state index contributed by atoms with van der Waals surface area (Å²) < 4.78 is 25.0. The summed E-state index contributed by atoms with van der Waals surface area (Å²) in [7, 11) is 0. The van der Waals surface area contributed by atoms with Gasteiger partial charge in [0.15, 0.2) is 0 Å². The Labute approximate surface area is 92.0 Å². The molecule has 0 atom stereocenters. The molecule has 0 aliphatic rings. The van der Waals surface area contributed by atoms with Crippen molar-refractivity contribution < 1.29 is 8.78 Å². The van der Waals surface area contributed by atoms with E-state index in [0.29, 0.717) is 8.59 Å². The molecule has 0 bridgehead atoms. The summed E-state index contributed by atoms with van der Waals surface area (Å²) in [5.74, 6) is 0. The minimum absolute atomic E-state index is 0.00964. The van der Waals surface area contributed by atoms with Crippen molar-refractivity contribution in [2.24, 2.45) is 0 Å². The molecule has 0 spiro atoms. The lowest BCUT2D eigenvalue weighted by molar-refractivity contribution is 0.151. The van der Waals surface area contributed by atoms with Gasteiger partial charge in [0, 0.05) is 9.13 Å². The highest BCUT2D eigenvalue weighted by Gasteiger charge is 2.13. The van der Waals surface area contributed by atoms with Crippen LogP contribution in [-0.2, 0) is 0 Å². The molecule has 0 saturated heterocycles. The van der Waals surface area contributed by atoms with Crippen molar-refractivity contribution in [2.75, 3.05) is 0 Å². The Balaban J connectivity index is 3.23. The molecule has 5 heteroatoms. The monoisotopic (exact) mass is 322 g/mol. The Morgan fingerprint density at radius 2 is 1.75 bits per heavy atom. The lowest BCUT2D eigenvalue weighted by Gasteiger charge is -2.04. The number of alkyl halides is 2. The summed E-state index contributed by atoms with van der Waals surface area (Å²) in [5, 5.41) is 0.403. The molecule has 0 fully saturated rings. The first-order valence-electron chi connectivity index (χ1n) is 2.95. The van der Waals surface area contributed by atoms with Crippen LogP contribution in [0.1, 0.15) is 12.0 Å². The third kappa shape index (κ3) is 2.20. The molecule has 0 heterocycles. The Morgan fingerprint density at radius 3 is 2.25 bits per heavy atom. The zero-order chi connectivity index (χ0) is 9.30. The molecular weight excluding hydrogens is 320 g/mol. The van der Waals surface area contributed by atoms with E-state index in [1.165, 1.54) is 12.1 Å². The molecule has 0 nitrogen and oxygen atoms in total. The highest BCUT2D eigenvalue weighted by atomic mass is 127. The Morgan fingerprint density at radius 1 is 1.17 bits per heavy atom. The lowest BCUT2D eigenvalue weighted by atomic mass is 10.2. The fraction of sp³-hybridized carbons (Fsp3) is 0.143. The zero-order valence-electron chi connectivity index (χ0n) is 5.62. The molecule has 0 amide bonds. The van der Waals surface area contributed by atoms with E-state index in [1.54, 1.807) is 0 Å². The van der Waals surface area contributed by atoms with Crippen molar-refractivity contribution in [1.82, 2.24) is 0 Å². The minimum atomic E-state index is -2.55. The molecule has 66 valence electrons. The summed E-state index contributed by atoms with van der Waals surface area (Å²) in [4.78, 5) is 0. The van der Waals surface area contributed by atoms with Gasteiger partial charge in [-0.1, -0.05) is 23.2 Å². The SMILES string of the molecule is FC(F)c1cc(I)c(Cl)cc1Cl. The highest BCUT2D eigenvalue weighted by Crippen LogP contribution is 2.32. The number of rotatable bonds is 1. The van der Waals surface area contributed by atoms with Gasteiger partial charge in [-0.25, -0.2) is 8.78 Å². The van der Waals surface area contributed by atoms with E-state index in [2.05, 4.69) is 0 Å². The summed E-state index contributed by atoms with van der Waals surface area (Å²) >= 11 is 13.1. The maximum atomic E-state index is 12.2. The molecule has 0 aromatic heterocycles. The van der Waals surface area contributed by atoms with Crippen LogP contribution in [-0.4, -0.2) is 0 Å². The fourth-order valence-corrected chi connectivity index (χ4v) is 1.66. The van der Waals surface area contributed by atoms with Crippen LogP contribution in [0.15, 0.2) is 12.1 Å². The van der Waals surface area contributed by atoms with Crippen molar-refractivity contribution in [3.8, 4) is 0 Å². The molecule has 0 radical (unpaired) electrons. The van der Waals surface area contributed by atoms with Gasteiger partial charge < -0.3 is 0 Å². The second kappa shape index (κ2) is 4.07. The van der Waals surface area contributed by atoms with E-state index in [9.17, 15) is 8.78 Å². The summed E-state index contributed by atoms with van der Waals surface area (Å²) in [6.45, 7) is 0. The molecule has 0 saturated carbocycles. The standard InChI is InChI=1S/C7H3Cl2F2I/c8-4-2-5(9)6(12)1-3(4)7(10)11/h1-2,7H. The van der Waals surface area contributed by atoms with Gasteiger partial charge >= 0.3 is 0 Å². The molecule has 1 aromatic carbocycles. The van der Waals surface area contributed by atoms with Gasteiger partial charge in [-0.3, -0.25) is 0 Å². The molecule has 0 aliphatic heterocycles. The van der Waals surface area contributed by atoms with Crippen LogP contribution in [0.25, 0.3) is 0 Å². The summed E-state index contributed by atoms with van der Waals surface area (Å²) in [6, 6.07) is 2.61. The second-order valence-electron chi connectivity index (χ2n) is 2.09. The van der Waals surface area contributed by atoms with Gasteiger partial charge in [-0.05, 0) is 34.7 Å². The third-order valence-electron chi connectivity index (χ3n) is 1.27. The van der Waals surface area contributed by atoms with E-state index in [4.69, 9.17) is 23.2 Å². The van der Waals surface area contributed by atoms with Crippen molar-refractivity contribution in [1.29, 1.82) is 0 Å². The third-order valence-corrected chi connectivity index (χ3v) is 3.13. The maximum Gasteiger partial charge on any atom is 0.265 e. The molecule has 0 unspecified atom stereocenters. The average molecular weight is 323 g/mol. The van der Waals surface area contributed by atoms with Gasteiger partial charge in [0.1, 0.15) is 0 Å². The van der Waals surface area contributed by atoms with Gasteiger partial charge in [0.2, 0.25) is 0 Å². The van der Waals surface area contributed by atoms with Crippen LogP contribution in [0.2, 0.25) is 10.0 Å². The first-order valence-corrected chi connectivity index (χ1v) is 4.78. The van der Waals surface area contributed by atoms with E-state index in [0.717, 1.165) is 0 Å². The van der Waals surface area contributed by atoms with Crippen LogP contribution < -0.4 is 0 Å². The van der Waals surface area contributed by atoms with Gasteiger partial charge in [0.05, 0.1) is 10.0 Å². The molecule has 1 aromatic rings. The number of halogens is 5. The predicted molar refractivity (Wildman–Crippen MR) is 54.1 cm³/mol. The molecule has 12 heavy (non-hydrogen) atoms. The number of hydrogen-bond acceptors (Lipinski definition) is 0. The van der Waals surface area contributed by atoms with Crippen LogP contribution in [0.3, 0.4) is 0 Å². The molecule has 0 aliphatic carbocycles. The topological polar surface area (TPSA) is 0 Å². The van der Waals surface area contributed by atoms with Gasteiger partial charge in [-0.2, -0.15) is 0 Å². The molecule has 1 rings (SSSR count). The maximum absolute atomic E-state index is 12.2. The number of benzene rings is 1. The van der Waals surface area contributed by atoms with E-state index >= 15 is 0 Å². The minimum Gasteiger partial charge on any atom is -0.205 e. The predicted octanol–water partition coefficient (Wildman–Crippen LogP) is 4.54. The van der Waals surface area contributed by atoms with Crippen LogP contribution in [0, 0.1) is 3.57 Å². The highest BCUT2D eigenvalue weighted by molar-refractivity contribution is 14.1. The zero-order valence-corrected chi connectivity index (χ0v) is 9.29. The van der Waals surface area contributed by atoms with E-state index in [-0.39, 0.29) is 10.6 Å². The quantitative estimate of drug-likeness (QED) is 0.526. The first-order chi connectivity index (χ1) is 5.52. The van der Waals surface area contributed by atoms with Gasteiger partial charge in [-0.15, -0.1) is 0 Å². The normalized spacial score (nSPS) is 10.8.